The van der Waals surface area contributed by atoms with Crippen LogP contribution in [0.3, 0.4) is 0 Å². The molecular formula is C12H19N5O7S. The molecule has 0 saturated carbocycles. The van der Waals surface area contributed by atoms with E-state index in [4.69, 9.17) is 14.8 Å². The zero-order valence-electron chi connectivity index (χ0n) is 13.4. The number of nitrogens with zero attached hydrogens (tertiary/aromatic N) is 3. The van der Waals surface area contributed by atoms with E-state index in [9.17, 15) is 18.0 Å². The van der Waals surface area contributed by atoms with E-state index in [2.05, 4.69) is 14.8 Å². The number of aromatic nitrogens is 1. The SMILES string of the molecule is CCN1C(=O)N(OS(=O)(=O)O)CC[C@H]1c1cc(C(=O)NCCN)on1. The van der Waals surface area contributed by atoms with Gasteiger partial charge in [-0.25, -0.2) is 4.79 Å². The summed E-state index contributed by atoms with van der Waals surface area (Å²) < 4.78 is 39.6. The summed E-state index contributed by atoms with van der Waals surface area (Å²) in [5, 5.41) is 6.89. The van der Waals surface area contributed by atoms with E-state index in [0.717, 1.165) is 0 Å². The molecule has 1 saturated heterocycles. The fourth-order valence-corrected chi connectivity index (χ4v) is 2.81. The van der Waals surface area contributed by atoms with Crippen LogP contribution in [0.4, 0.5) is 4.79 Å². The normalized spacial score (nSPS) is 18.5. The molecule has 1 aromatic heterocycles. The monoisotopic (exact) mass is 377 g/mol. The molecule has 0 aliphatic carbocycles. The van der Waals surface area contributed by atoms with Crippen molar-refractivity contribution in [3.63, 3.8) is 0 Å². The number of carbonyl (C=O) groups excluding carboxylic acids is 2. The Bertz CT molecular complexity index is 734. The van der Waals surface area contributed by atoms with E-state index in [1.165, 1.54) is 11.0 Å². The van der Waals surface area contributed by atoms with Gasteiger partial charge in [0.05, 0.1) is 12.6 Å². The van der Waals surface area contributed by atoms with Crippen molar-refractivity contribution in [2.75, 3.05) is 26.2 Å². The topological polar surface area (TPSA) is 168 Å². The summed E-state index contributed by atoms with van der Waals surface area (Å²) in [5.41, 5.74) is 5.65. The lowest BCUT2D eigenvalue weighted by atomic mass is 10.1. The number of hydrogen-bond acceptors (Lipinski definition) is 8. The molecule has 1 fully saturated rings. The van der Waals surface area contributed by atoms with Gasteiger partial charge in [0.2, 0.25) is 5.76 Å². The summed E-state index contributed by atoms with van der Waals surface area (Å²) in [6.45, 7) is 2.35. The molecule has 0 unspecified atom stereocenters. The highest BCUT2D eigenvalue weighted by Gasteiger charge is 2.37. The zero-order chi connectivity index (χ0) is 18.6. The zero-order valence-corrected chi connectivity index (χ0v) is 14.2. The first kappa shape index (κ1) is 19.1. The van der Waals surface area contributed by atoms with E-state index < -0.39 is 28.4 Å². The van der Waals surface area contributed by atoms with E-state index in [-0.39, 0.29) is 38.4 Å². The van der Waals surface area contributed by atoms with Gasteiger partial charge in [-0.15, -0.1) is 4.28 Å². The van der Waals surface area contributed by atoms with Crippen molar-refractivity contribution in [2.24, 2.45) is 5.73 Å². The third-order valence-corrected chi connectivity index (χ3v) is 3.86. The van der Waals surface area contributed by atoms with Gasteiger partial charge in [-0.1, -0.05) is 5.16 Å². The Morgan fingerprint density at radius 1 is 1.60 bits per heavy atom. The minimum atomic E-state index is -4.81. The second-order valence-electron chi connectivity index (χ2n) is 5.14. The number of nitrogens with one attached hydrogen (secondary N) is 1. The standard InChI is InChI=1S/C12H19N5O7S/c1-2-16-9(3-6-17(12(16)19)24-25(20,21)22)8-7-10(23-15-8)11(18)14-5-4-13/h7,9H,2-6,13H2,1H3,(H,14,18)(H,20,21,22)/t9-/m0/s1. The Morgan fingerprint density at radius 3 is 2.92 bits per heavy atom. The first-order valence-corrected chi connectivity index (χ1v) is 8.83. The molecule has 140 valence electrons. The van der Waals surface area contributed by atoms with Crippen LogP contribution in [0.25, 0.3) is 0 Å². The van der Waals surface area contributed by atoms with E-state index in [1.807, 2.05) is 0 Å². The van der Waals surface area contributed by atoms with E-state index in [1.54, 1.807) is 6.92 Å². The Hall–Kier alpha value is -2.22. The molecule has 0 spiro atoms. The van der Waals surface area contributed by atoms with Crippen molar-refractivity contribution < 1.29 is 31.4 Å². The third-order valence-electron chi connectivity index (χ3n) is 3.49. The molecule has 12 nitrogen and oxygen atoms in total. The maximum atomic E-state index is 12.3. The summed E-state index contributed by atoms with van der Waals surface area (Å²) in [6, 6.07) is 0.123. The van der Waals surface area contributed by atoms with E-state index in [0.29, 0.717) is 10.8 Å². The minimum Gasteiger partial charge on any atom is -0.351 e. The smallest absolute Gasteiger partial charge is 0.351 e. The number of carbonyl (C=O) groups is 2. The van der Waals surface area contributed by atoms with Gasteiger partial charge in [0.1, 0.15) is 5.69 Å². The van der Waals surface area contributed by atoms with Crippen LogP contribution in [0.1, 0.15) is 35.6 Å². The van der Waals surface area contributed by atoms with Crippen molar-refractivity contribution in [2.45, 2.75) is 19.4 Å². The average Bonchev–Trinajstić information content (AvgIpc) is 3.03. The Kier molecular flexibility index (Phi) is 5.94. The van der Waals surface area contributed by atoms with Gasteiger partial charge in [0.15, 0.2) is 0 Å². The summed E-state index contributed by atoms with van der Waals surface area (Å²) in [4.78, 5) is 25.4. The summed E-state index contributed by atoms with van der Waals surface area (Å²) in [6.07, 6.45) is 0.255. The molecule has 2 rings (SSSR count). The maximum absolute atomic E-state index is 12.3. The van der Waals surface area contributed by atoms with E-state index >= 15 is 0 Å². The highest BCUT2D eigenvalue weighted by atomic mass is 32.3. The molecule has 0 radical (unpaired) electrons. The van der Waals surface area contributed by atoms with Crippen LogP contribution < -0.4 is 11.1 Å². The largest absolute Gasteiger partial charge is 0.418 e. The third kappa shape index (κ3) is 4.66. The minimum absolute atomic E-state index is 0.0245. The predicted octanol–water partition coefficient (Wildman–Crippen LogP) is -0.714. The fourth-order valence-electron chi connectivity index (χ4n) is 2.44. The highest BCUT2D eigenvalue weighted by Crippen LogP contribution is 2.30. The van der Waals surface area contributed by atoms with Crippen LogP contribution in [-0.2, 0) is 14.7 Å². The Labute approximate surface area is 143 Å². The first-order chi connectivity index (χ1) is 11.8. The quantitative estimate of drug-likeness (QED) is 0.519. The maximum Gasteiger partial charge on any atom is 0.418 e. The van der Waals surface area contributed by atoms with Crippen molar-refractivity contribution in [3.8, 4) is 0 Å². The lowest BCUT2D eigenvalue weighted by Gasteiger charge is -2.38. The summed E-state index contributed by atoms with van der Waals surface area (Å²) in [7, 11) is -4.81. The number of urea groups is 1. The van der Waals surface area contributed by atoms with Crippen LogP contribution in [-0.4, -0.2) is 66.2 Å². The lowest BCUT2D eigenvalue weighted by molar-refractivity contribution is -0.0594. The Morgan fingerprint density at radius 2 is 2.32 bits per heavy atom. The second kappa shape index (κ2) is 7.77. The molecule has 4 N–H and O–H groups in total. The highest BCUT2D eigenvalue weighted by molar-refractivity contribution is 7.80. The van der Waals surface area contributed by atoms with Gasteiger partial charge < -0.3 is 20.5 Å². The summed E-state index contributed by atoms with van der Waals surface area (Å²) in [5.74, 6) is -0.505. The average molecular weight is 377 g/mol. The molecule has 25 heavy (non-hydrogen) atoms. The molecule has 13 heteroatoms. The number of nitrogens with two attached hydrogens (primary N) is 1. The molecule has 1 aliphatic heterocycles. The van der Waals surface area contributed by atoms with Gasteiger partial charge in [-0.3, -0.25) is 9.35 Å². The van der Waals surface area contributed by atoms with Crippen LogP contribution in [0.2, 0.25) is 0 Å². The van der Waals surface area contributed by atoms with Gasteiger partial charge in [-0.05, 0) is 13.3 Å². The van der Waals surface area contributed by atoms with Crippen molar-refractivity contribution in [1.29, 1.82) is 0 Å². The molecule has 0 aromatic carbocycles. The number of amides is 3. The molecule has 0 bridgehead atoms. The fraction of sp³-hybridized carbons (Fsp3) is 0.583. The van der Waals surface area contributed by atoms with Crippen molar-refractivity contribution >= 4 is 22.3 Å². The Balaban J connectivity index is 2.14. The van der Waals surface area contributed by atoms with Crippen molar-refractivity contribution in [3.05, 3.63) is 17.5 Å². The summed E-state index contributed by atoms with van der Waals surface area (Å²) >= 11 is 0. The van der Waals surface area contributed by atoms with Gasteiger partial charge in [0, 0.05) is 25.7 Å². The second-order valence-corrected chi connectivity index (χ2v) is 6.14. The van der Waals surface area contributed by atoms with Gasteiger partial charge in [0.25, 0.3) is 5.91 Å². The van der Waals surface area contributed by atoms with Crippen LogP contribution >= 0.6 is 0 Å². The molecule has 1 aliphatic rings. The van der Waals surface area contributed by atoms with Crippen LogP contribution in [0.15, 0.2) is 10.6 Å². The predicted molar refractivity (Wildman–Crippen MR) is 82.4 cm³/mol. The number of rotatable bonds is 7. The molecule has 1 atom stereocenters. The molecule has 1 aromatic rings. The molecule has 3 amide bonds. The van der Waals surface area contributed by atoms with Gasteiger partial charge in [-0.2, -0.15) is 13.5 Å². The van der Waals surface area contributed by atoms with Crippen LogP contribution in [0.5, 0.6) is 0 Å². The lowest BCUT2D eigenvalue weighted by Crippen LogP contribution is -2.51. The molecular weight excluding hydrogens is 358 g/mol. The number of hydrogen-bond donors (Lipinski definition) is 3. The van der Waals surface area contributed by atoms with Gasteiger partial charge >= 0.3 is 16.4 Å². The first-order valence-electron chi connectivity index (χ1n) is 7.46. The van der Waals surface area contributed by atoms with Crippen LogP contribution in [0, 0.1) is 0 Å². The van der Waals surface area contributed by atoms with Crippen molar-refractivity contribution in [1.82, 2.24) is 20.4 Å². The number of hydroxylamine groups is 2. The molecule has 2 heterocycles.